The molecule has 0 aromatic rings. The van der Waals surface area contributed by atoms with E-state index in [2.05, 4.69) is 4.74 Å². The average Bonchev–Trinajstić information content (AvgIpc) is 1.83. The van der Waals surface area contributed by atoms with E-state index in [4.69, 9.17) is 0 Å². The molecule has 0 atom stereocenters. The van der Waals surface area contributed by atoms with Crippen LogP contribution in [0, 0.1) is 0 Å². The van der Waals surface area contributed by atoms with Crippen LogP contribution in [-0.2, 0) is 9.53 Å². The van der Waals surface area contributed by atoms with Crippen molar-refractivity contribution in [1.29, 1.82) is 0 Å². The van der Waals surface area contributed by atoms with Gasteiger partial charge in [-0.05, 0) is 19.4 Å². The van der Waals surface area contributed by atoms with Gasteiger partial charge in [0.15, 0.2) is 0 Å². The van der Waals surface area contributed by atoms with Crippen LogP contribution in [0.1, 0.15) is 20.8 Å². The van der Waals surface area contributed by atoms with Gasteiger partial charge in [0.2, 0.25) is 0 Å². The minimum absolute atomic E-state index is 0.226. The Bertz CT molecular complexity index is 125. The van der Waals surface area contributed by atoms with Crippen LogP contribution in [0.25, 0.3) is 0 Å². The van der Waals surface area contributed by atoms with Crippen LogP contribution in [0.4, 0.5) is 0 Å². The van der Waals surface area contributed by atoms with Crippen molar-refractivity contribution >= 4 is 5.97 Å². The Morgan fingerprint density at radius 3 is 2.44 bits per heavy atom. The fourth-order valence-corrected chi connectivity index (χ4v) is 0.299. The molecule has 0 radical (unpaired) electrons. The molecule has 9 heavy (non-hydrogen) atoms. The molecule has 0 N–H and O–H groups in total. The van der Waals surface area contributed by atoms with Crippen molar-refractivity contribution in [3.63, 3.8) is 0 Å². The minimum Gasteiger partial charge on any atom is -0.461 e. The normalized spacial score (nSPS) is 11.2. The second-order valence-electron chi connectivity index (χ2n) is 1.92. The van der Waals surface area contributed by atoms with E-state index in [1.54, 1.807) is 0 Å². The van der Waals surface area contributed by atoms with Crippen molar-refractivity contribution in [2.24, 2.45) is 0 Å². The number of esters is 1. The van der Waals surface area contributed by atoms with E-state index in [0.717, 1.165) is 5.57 Å². The molecule has 0 aliphatic carbocycles. The summed E-state index contributed by atoms with van der Waals surface area (Å²) in [6.07, 6.45) is 1.92. The van der Waals surface area contributed by atoms with Crippen molar-refractivity contribution < 1.29 is 9.53 Å². The lowest BCUT2D eigenvalue weighted by atomic mass is 10.3. The highest BCUT2D eigenvalue weighted by atomic mass is 16.5. The predicted molar refractivity (Wildman–Crippen MR) is 36.1 cm³/mol. The molecule has 0 bridgehead atoms. The van der Waals surface area contributed by atoms with Gasteiger partial charge in [-0.25, -0.2) is 0 Å². The van der Waals surface area contributed by atoms with Crippen LogP contribution in [0.3, 0.4) is 0 Å². The third-order valence-electron chi connectivity index (χ3n) is 0.996. The SMILES string of the molecule is CC=C(C)COC(C)=O. The molecule has 2 heteroatoms. The summed E-state index contributed by atoms with van der Waals surface area (Å²) in [5, 5.41) is 0. The lowest BCUT2D eigenvalue weighted by molar-refractivity contribution is -0.139. The zero-order valence-corrected chi connectivity index (χ0v) is 6.10. The number of carbonyl (C=O) groups excluding carboxylic acids is 1. The first-order valence-electron chi connectivity index (χ1n) is 2.92. The van der Waals surface area contributed by atoms with Crippen LogP contribution in [0.5, 0.6) is 0 Å². The molecule has 0 saturated carbocycles. The lowest BCUT2D eigenvalue weighted by Gasteiger charge is -1.98. The molecular formula is C7H12O2. The molecule has 0 aromatic heterocycles. The van der Waals surface area contributed by atoms with Crippen molar-refractivity contribution in [2.45, 2.75) is 20.8 Å². The standard InChI is InChI=1S/C7H12O2/c1-4-6(2)5-9-7(3)8/h4H,5H2,1-3H3. The Morgan fingerprint density at radius 1 is 1.56 bits per heavy atom. The van der Waals surface area contributed by atoms with Gasteiger partial charge in [0, 0.05) is 6.92 Å². The van der Waals surface area contributed by atoms with Gasteiger partial charge in [0.05, 0.1) is 0 Å². The highest BCUT2D eigenvalue weighted by Gasteiger charge is 1.90. The minimum atomic E-state index is -0.226. The maximum atomic E-state index is 10.2. The van der Waals surface area contributed by atoms with E-state index in [0.29, 0.717) is 6.61 Å². The maximum absolute atomic E-state index is 10.2. The largest absolute Gasteiger partial charge is 0.461 e. The van der Waals surface area contributed by atoms with Crippen LogP contribution < -0.4 is 0 Å². The summed E-state index contributed by atoms with van der Waals surface area (Å²) in [6, 6.07) is 0. The third-order valence-corrected chi connectivity index (χ3v) is 0.996. The molecule has 0 amide bonds. The molecule has 2 nitrogen and oxygen atoms in total. The summed E-state index contributed by atoms with van der Waals surface area (Å²) in [4.78, 5) is 10.2. The van der Waals surface area contributed by atoms with Gasteiger partial charge in [0.25, 0.3) is 0 Å². The van der Waals surface area contributed by atoms with Crippen molar-refractivity contribution in [3.8, 4) is 0 Å². The van der Waals surface area contributed by atoms with Gasteiger partial charge in [-0.1, -0.05) is 6.08 Å². The Hall–Kier alpha value is -0.790. The Balaban J connectivity index is 3.39. The fraction of sp³-hybridized carbons (Fsp3) is 0.571. The van der Waals surface area contributed by atoms with Gasteiger partial charge in [0.1, 0.15) is 6.61 Å². The second kappa shape index (κ2) is 4.13. The first-order valence-corrected chi connectivity index (χ1v) is 2.92. The third kappa shape index (κ3) is 5.07. The molecule has 0 aliphatic rings. The Kier molecular flexibility index (Phi) is 3.76. The number of allylic oxidation sites excluding steroid dienone is 1. The number of hydrogen-bond acceptors (Lipinski definition) is 2. The summed E-state index contributed by atoms with van der Waals surface area (Å²) in [6.45, 7) is 5.66. The molecule has 0 spiro atoms. The summed E-state index contributed by atoms with van der Waals surface area (Å²) in [7, 11) is 0. The highest BCUT2D eigenvalue weighted by molar-refractivity contribution is 5.66. The van der Waals surface area contributed by atoms with Crippen LogP contribution in [0.15, 0.2) is 11.6 Å². The monoisotopic (exact) mass is 128 g/mol. The van der Waals surface area contributed by atoms with E-state index >= 15 is 0 Å². The molecule has 0 aromatic carbocycles. The molecule has 0 aliphatic heterocycles. The molecule has 52 valence electrons. The Morgan fingerprint density at radius 2 is 2.11 bits per heavy atom. The molecule has 0 rings (SSSR count). The van der Waals surface area contributed by atoms with Crippen LogP contribution in [-0.4, -0.2) is 12.6 Å². The quantitative estimate of drug-likeness (QED) is 0.416. The van der Waals surface area contributed by atoms with E-state index in [1.807, 2.05) is 19.9 Å². The number of ether oxygens (including phenoxy) is 1. The fourth-order valence-electron chi connectivity index (χ4n) is 0.299. The first-order chi connectivity index (χ1) is 4.16. The lowest BCUT2D eigenvalue weighted by Crippen LogP contribution is -2.00. The molecule has 0 fully saturated rings. The van der Waals surface area contributed by atoms with Crippen LogP contribution in [0.2, 0.25) is 0 Å². The summed E-state index contributed by atoms with van der Waals surface area (Å²) < 4.78 is 4.69. The van der Waals surface area contributed by atoms with Gasteiger partial charge in [-0.3, -0.25) is 4.79 Å². The summed E-state index contributed by atoms with van der Waals surface area (Å²) in [5.41, 5.74) is 1.07. The van der Waals surface area contributed by atoms with Gasteiger partial charge in [-0.15, -0.1) is 0 Å². The van der Waals surface area contributed by atoms with Crippen molar-refractivity contribution in [2.75, 3.05) is 6.61 Å². The second-order valence-corrected chi connectivity index (χ2v) is 1.92. The summed E-state index contributed by atoms with van der Waals surface area (Å²) in [5.74, 6) is -0.226. The van der Waals surface area contributed by atoms with E-state index < -0.39 is 0 Å². The zero-order valence-electron chi connectivity index (χ0n) is 6.10. The molecule has 0 unspecified atom stereocenters. The van der Waals surface area contributed by atoms with Gasteiger partial charge in [-0.2, -0.15) is 0 Å². The van der Waals surface area contributed by atoms with E-state index in [9.17, 15) is 4.79 Å². The van der Waals surface area contributed by atoms with Gasteiger partial charge < -0.3 is 4.74 Å². The van der Waals surface area contributed by atoms with Crippen molar-refractivity contribution in [1.82, 2.24) is 0 Å². The number of carbonyl (C=O) groups is 1. The molecule has 0 heterocycles. The maximum Gasteiger partial charge on any atom is 0.302 e. The van der Waals surface area contributed by atoms with Crippen molar-refractivity contribution in [3.05, 3.63) is 11.6 Å². The topological polar surface area (TPSA) is 26.3 Å². The van der Waals surface area contributed by atoms with E-state index in [-0.39, 0.29) is 5.97 Å². The van der Waals surface area contributed by atoms with Gasteiger partial charge >= 0.3 is 5.97 Å². The number of hydrogen-bond donors (Lipinski definition) is 0. The molecule has 0 saturated heterocycles. The highest BCUT2D eigenvalue weighted by Crippen LogP contribution is 1.91. The average molecular weight is 128 g/mol. The molecular weight excluding hydrogens is 116 g/mol. The van der Waals surface area contributed by atoms with E-state index in [1.165, 1.54) is 6.92 Å². The summed E-state index contributed by atoms with van der Waals surface area (Å²) >= 11 is 0. The smallest absolute Gasteiger partial charge is 0.302 e. The first kappa shape index (κ1) is 8.21. The number of rotatable bonds is 2. The van der Waals surface area contributed by atoms with Crippen LogP contribution >= 0.6 is 0 Å². The Labute approximate surface area is 55.5 Å². The zero-order chi connectivity index (χ0) is 7.28. The predicted octanol–water partition coefficient (Wildman–Crippen LogP) is 1.52.